The maximum atomic E-state index is 5.44. The summed E-state index contributed by atoms with van der Waals surface area (Å²) in [5, 5.41) is 3.32. The van der Waals surface area contributed by atoms with Crippen molar-refractivity contribution >= 4 is 5.69 Å². The summed E-state index contributed by atoms with van der Waals surface area (Å²) in [6.07, 6.45) is 1.80. The van der Waals surface area contributed by atoms with Crippen molar-refractivity contribution in [3.8, 4) is 5.75 Å². The molecule has 0 saturated heterocycles. The van der Waals surface area contributed by atoms with Crippen LogP contribution < -0.4 is 10.1 Å². The van der Waals surface area contributed by atoms with E-state index in [-0.39, 0.29) is 0 Å². The fourth-order valence-corrected chi connectivity index (χ4v) is 1.56. The molecule has 0 aliphatic rings. The van der Waals surface area contributed by atoms with Crippen molar-refractivity contribution in [3.63, 3.8) is 0 Å². The zero-order valence-electron chi connectivity index (χ0n) is 9.89. The summed E-state index contributed by atoms with van der Waals surface area (Å²) in [6.45, 7) is 3.38. The molecule has 0 fully saturated rings. The van der Waals surface area contributed by atoms with E-state index in [9.17, 15) is 0 Å². The van der Waals surface area contributed by atoms with Crippen molar-refractivity contribution in [2.24, 2.45) is 0 Å². The van der Waals surface area contributed by atoms with Gasteiger partial charge in [0.25, 0.3) is 0 Å². The van der Waals surface area contributed by atoms with Gasteiger partial charge in [-0.15, -0.1) is 0 Å². The van der Waals surface area contributed by atoms with E-state index in [1.807, 2.05) is 49.4 Å². The van der Waals surface area contributed by atoms with Crippen molar-refractivity contribution in [2.45, 2.75) is 13.5 Å². The lowest BCUT2D eigenvalue weighted by Crippen LogP contribution is -2.01. The lowest BCUT2D eigenvalue weighted by molar-refractivity contribution is 0.340. The number of anilines is 1. The quantitative estimate of drug-likeness (QED) is 0.853. The molecule has 0 bridgehead atoms. The monoisotopic (exact) mass is 228 g/mol. The molecular weight excluding hydrogens is 212 g/mol. The average molecular weight is 228 g/mol. The zero-order valence-corrected chi connectivity index (χ0v) is 9.89. The number of aromatic nitrogens is 1. The normalized spacial score (nSPS) is 9.94. The Kier molecular flexibility index (Phi) is 3.97. The first-order chi connectivity index (χ1) is 8.38. The molecule has 0 saturated carbocycles. The van der Waals surface area contributed by atoms with E-state index in [0.717, 1.165) is 23.7 Å². The van der Waals surface area contributed by atoms with Gasteiger partial charge in [0.15, 0.2) is 0 Å². The van der Waals surface area contributed by atoms with Crippen LogP contribution in [0.5, 0.6) is 5.75 Å². The van der Waals surface area contributed by atoms with E-state index in [0.29, 0.717) is 6.61 Å². The van der Waals surface area contributed by atoms with Crippen LogP contribution in [0.3, 0.4) is 0 Å². The first-order valence-electron chi connectivity index (χ1n) is 5.75. The molecule has 2 aromatic rings. The van der Waals surface area contributed by atoms with Crippen LogP contribution in [-0.2, 0) is 6.54 Å². The molecular formula is C14H16N2O. The highest BCUT2D eigenvalue weighted by atomic mass is 16.5. The van der Waals surface area contributed by atoms with E-state index >= 15 is 0 Å². The molecule has 2 rings (SSSR count). The Labute approximate surface area is 101 Å². The largest absolute Gasteiger partial charge is 0.494 e. The van der Waals surface area contributed by atoms with E-state index in [4.69, 9.17) is 4.74 Å². The van der Waals surface area contributed by atoms with Gasteiger partial charge in [0, 0.05) is 18.0 Å². The van der Waals surface area contributed by atoms with Gasteiger partial charge in [-0.05, 0) is 31.2 Å². The highest BCUT2D eigenvalue weighted by Gasteiger charge is 1.97. The summed E-state index contributed by atoms with van der Waals surface area (Å²) >= 11 is 0. The van der Waals surface area contributed by atoms with E-state index in [1.54, 1.807) is 6.20 Å². The summed E-state index contributed by atoms with van der Waals surface area (Å²) in [4.78, 5) is 4.26. The van der Waals surface area contributed by atoms with Gasteiger partial charge in [0.2, 0.25) is 0 Å². The van der Waals surface area contributed by atoms with Crippen LogP contribution in [0.25, 0.3) is 0 Å². The number of hydrogen-bond donors (Lipinski definition) is 1. The van der Waals surface area contributed by atoms with Gasteiger partial charge in [-0.3, -0.25) is 4.98 Å². The predicted molar refractivity (Wildman–Crippen MR) is 69.2 cm³/mol. The molecule has 0 spiro atoms. The summed E-state index contributed by atoms with van der Waals surface area (Å²) in [7, 11) is 0. The second kappa shape index (κ2) is 5.89. The molecule has 0 radical (unpaired) electrons. The Morgan fingerprint density at radius 2 is 2.12 bits per heavy atom. The van der Waals surface area contributed by atoms with Crippen LogP contribution in [0.2, 0.25) is 0 Å². The molecule has 1 N–H and O–H groups in total. The first kappa shape index (κ1) is 11.5. The number of ether oxygens (including phenoxy) is 1. The molecule has 1 heterocycles. The summed E-state index contributed by atoms with van der Waals surface area (Å²) in [6, 6.07) is 13.8. The molecule has 17 heavy (non-hydrogen) atoms. The lowest BCUT2D eigenvalue weighted by Gasteiger charge is -2.08. The van der Waals surface area contributed by atoms with E-state index < -0.39 is 0 Å². The Bertz CT molecular complexity index is 457. The van der Waals surface area contributed by atoms with Crippen LogP contribution in [0.15, 0.2) is 48.7 Å². The number of benzene rings is 1. The van der Waals surface area contributed by atoms with Crippen LogP contribution in [-0.4, -0.2) is 11.6 Å². The maximum absolute atomic E-state index is 5.44. The molecule has 0 aliphatic heterocycles. The number of nitrogens with one attached hydrogen (secondary N) is 1. The van der Waals surface area contributed by atoms with E-state index in [2.05, 4.69) is 10.3 Å². The molecule has 3 nitrogen and oxygen atoms in total. The third-order valence-electron chi connectivity index (χ3n) is 2.34. The van der Waals surface area contributed by atoms with Crippen LogP contribution in [0.1, 0.15) is 12.6 Å². The molecule has 1 aromatic heterocycles. The van der Waals surface area contributed by atoms with Gasteiger partial charge in [0.1, 0.15) is 5.75 Å². The number of pyridine rings is 1. The molecule has 0 amide bonds. The Balaban J connectivity index is 1.97. The van der Waals surface area contributed by atoms with E-state index in [1.165, 1.54) is 0 Å². The van der Waals surface area contributed by atoms with Gasteiger partial charge < -0.3 is 10.1 Å². The summed E-state index contributed by atoms with van der Waals surface area (Å²) < 4.78 is 5.44. The fraction of sp³-hybridized carbons (Fsp3) is 0.214. The Morgan fingerprint density at radius 1 is 1.18 bits per heavy atom. The molecule has 0 unspecified atom stereocenters. The number of hydrogen-bond acceptors (Lipinski definition) is 3. The zero-order chi connectivity index (χ0) is 11.9. The second-order valence-electron chi connectivity index (χ2n) is 3.64. The predicted octanol–water partition coefficient (Wildman–Crippen LogP) is 3.09. The third kappa shape index (κ3) is 3.48. The maximum Gasteiger partial charge on any atom is 0.121 e. The van der Waals surface area contributed by atoms with Gasteiger partial charge in [-0.1, -0.05) is 12.1 Å². The van der Waals surface area contributed by atoms with Crippen molar-refractivity contribution in [3.05, 3.63) is 54.4 Å². The summed E-state index contributed by atoms with van der Waals surface area (Å²) in [5.41, 5.74) is 2.07. The highest BCUT2D eigenvalue weighted by Crippen LogP contribution is 2.17. The lowest BCUT2D eigenvalue weighted by atomic mass is 10.3. The standard InChI is InChI=1S/C14H16N2O/c1-2-17-14-8-5-7-12(10-14)16-11-13-6-3-4-9-15-13/h3-10,16H,2,11H2,1H3. The molecule has 3 heteroatoms. The minimum Gasteiger partial charge on any atom is -0.494 e. The van der Waals surface area contributed by atoms with Crippen molar-refractivity contribution in [2.75, 3.05) is 11.9 Å². The average Bonchev–Trinajstić information content (AvgIpc) is 2.39. The van der Waals surface area contributed by atoms with Gasteiger partial charge in [-0.25, -0.2) is 0 Å². The highest BCUT2D eigenvalue weighted by molar-refractivity contribution is 5.48. The van der Waals surface area contributed by atoms with Crippen molar-refractivity contribution in [1.82, 2.24) is 4.98 Å². The van der Waals surface area contributed by atoms with Gasteiger partial charge >= 0.3 is 0 Å². The minimum atomic E-state index is 0.684. The Hall–Kier alpha value is -2.03. The molecule has 0 aliphatic carbocycles. The molecule has 0 atom stereocenters. The minimum absolute atomic E-state index is 0.684. The SMILES string of the molecule is CCOc1cccc(NCc2ccccn2)c1. The smallest absolute Gasteiger partial charge is 0.121 e. The van der Waals surface area contributed by atoms with Gasteiger partial charge in [-0.2, -0.15) is 0 Å². The van der Waals surface area contributed by atoms with Crippen molar-refractivity contribution < 1.29 is 4.74 Å². The summed E-state index contributed by atoms with van der Waals surface area (Å²) in [5.74, 6) is 0.888. The topological polar surface area (TPSA) is 34.1 Å². The van der Waals surface area contributed by atoms with Crippen LogP contribution >= 0.6 is 0 Å². The van der Waals surface area contributed by atoms with Gasteiger partial charge in [0.05, 0.1) is 18.8 Å². The molecule has 88 valence electrons. The van der Waals surface area contributed by atoms with Crippen LogP contribution in [0.4, 0.5) is 5.69 Å². The number of rotatable bonds is 5. The molecule has 1 aromatic carbocycles. The first-order valence-corrected chi connectivity index (χ1v) is 5.75. The van der Waals surface area contributed by atoms with Crippen molar-refractivity contribution in [1.29, 1.82) is 0 Å². The third-order valence-corrected chi connectivity index (χ3v) is 2.34. The second-order valence-corrected chi connectivity index (χ2v) is 3.64. The Morgan fingerprint density at radius 3 is 2.88 bits per heavy atom. The van der Waals surface area contributed by atoms with Crippen LogP contribution in [0, 0.1) is 0 Å². The number of nitrogens with zero attached hydrogens (tertiary/aromatic N) is 1. The fourth-order valence-electron chi connectivity index (χ4n) is 1.56.